The predicted molar refractivity (Wildman–Crippen MR) is 63.8 cm³/mol. The van der Waals surface area contributed by atoms with Gasteiger partial charge in [0.1, 0.15) is 12.4 Å². The molecule has 0 saturated carbocycles. The average Bonchev–Trinajstić information content (AvgIpc) is 2.21. The summed E-state index contributed by atoms with van der Waals surface area (Å²) >= 11 is 3.03. The number of rotatable bonds is 4. The SMILES string of the molecule is CC(C)OCC(=O)Nc1ccc(Br)c(F)c1. The van der Waals surface area contributed by atoms with E-state index < -0.39 is 5.82 Å². The molecule has 3 nitrogen and oxygen atoms in total. The summed E-state index contributed by atoms with van der Waals surface area (Å²) in [6.45, 7) is 3.65. The third kappa shape index (κ3) is 4.28. The molecule has 0 aliphatic carbocycles. The lowest BCUT2D eigenvalue weighted by molar-refractivity contribution is -0.121. The molecule has 88 valence electrons. The first-order chi connectivity index (χ1) is 7.49. The van der Waals surface area contributed by atoms with Crippen LogP contribution in [0.5, 0.6) is 0 Å². The summed E-state index contributed by atoms with van der Waals surface area (Å²) in [5.41, 5.74) is 0.415. The van der Waals surface area contributed by atoms with Gasteiger partial charge < -0.3 is 10.1 Å². The normalized spacial score (nSPS) is 10.6. The van der Waals surface area contributed by atoms with Crippen LogP contribution in [-0.2, 0) is 9.53 Å². The number of ether oxygens (including phenoxy) is 1. The van der Waals surface area contributed by atoms with E-state index in [1.807, 2.05) is 13.8 Å². The van der Waals surface area contributed by atoms with Gasteiger partial charge in [-0.1, -0.05) is 0 Å². The van der Waals surface area contributed by atoms with Crippen molar-refractivity contribution in [3.8, 4) is 0 Å². The Morgan fingerprint density at radius 3 is 2.81 bits per heavy atom. The van der Waals surface area contributed by atoms with E-state index in [1.54, 1.807) is 6.07 Å². The molecular weight excluding hydrogens is 277 g/mol. The quantitative estimate of drug-likeness (QED) is 0.926. The average molecular weight is 290 g/mol. The highest BCUT2D eigenvalue weighted by Crippen LogP contribution is 2.19. The first-order valence-corrected chi connectivity index (χ1v) is 5.65. The second-order valence-corrected chi connectivity index (χ2v) is 4.39. The fraction of sp³-hybridized carbons (Fsp3) is 0.364. The first-order valence-electron chi connectivity index (χ1n) is 4.85. The van der Waals surface area contributed by atoms with Crippen LogP contribution >= 0.6 is 15.9 Å². The zero-order chi connectivity index (χ0) is 12.1. The number of anilines is 1. The van der Waals surface area contributed by atoms with Crippen molar-refractivity contribution in [3.05, 3.63) is 28.5 Å². The second kappa shape index (κ2) is 5.96. The Labute approximate surface area is 102 Å². The largest absolute Gasteiger partial charge is 0.369 e. The van der Waals surface area contributed by atoms with Gasteiger partial charge in [-0.05, 0) is 48.0 Å². The van der Waals surface area contributed by atoms with E-state index in [4.69, 9.17) is 4.74 Å². The molecule has 16 heavy (non-hydrogen) atoms. The molecule has 0 aliphatic heterocycles. The Morgan fingerprint density at radius 2 is 2.25 bits per heavy atom. The molecule has 0 bridgehead atoms. The standard InChI is InChI=1S/C11H13BrFNO2/c1-7(2)16-6-11(15)14-8-3-4-9(12)10(13)5-8/h3-5,7H,6H2,1-2H3,(H,14,15). The molecule has 0 spiro atoms. The smallest absolute Gasteiger partial charge is 0.250 e. The highest BCUT2D eigenvalue weighted by molar-refractivity contribution is 9.10. The number of nitrogens with one attached hydrogen (secondary N) is 1. The molecule has 0 saturated heterocycles. The van der Waals surface area contributed by atoms with Crippen LogP contribution in [-0.4, -0.2) is 18.6 Å². The zero-order valence-corrected chi connectivity index (χ0v) is 10.7. The summed E-state index contributed by atoms with van der Waals surface area (Å²) in [4.78, 5) is 11.3. The molecule has 1 N–H and O–H groups in total. The molecule has 0 aromatic heterocycles. The maximum atomic E-state index is 13.1. The van der Waals surface area contributed by atoms with Crippen LogP contribution in [0.15, 0.2) is 22.7 Å². The Bertz CT molecular complexity index is 382. The van der Waals surface area contributed by atoms with Crippen molar-refractivity contribution in [3.63, 3.8) is 0 Å². The second-order valence-electron chi connectivity index (χ2n) is 3.54. The van der Waals surface area contributed by atoms with Crippen molar-refractivity contribution in [2.24, 2.45) is 0 Å². The van der Waals surface area contributed by atoms with E-state index in [0.29, 0.717) is 10.2 Å². The van der Waals surface area contributed by atoms with Crippen molar-refractivity contribution in [1.82, 2.24) is 0 Å². The third-order valence-electron chi connectivity index (χ3n) is 1.75. The van der Waals surface area contributed by atoms with E-state index in [-0.39, 0.29) is 18.6 Å². The fourth-order valence-electron chi connectivity index (χ4n) is 1.01. The summed E-state index contributed by atoms with van der Waals surface area (Å²) < 4.78 is 18.6. The molecule has 0 radical (unpaired) electrons. The van der Waals surface area contributed by atoms with Gasteiger partial charge in [0.25, 0.3) is 0 Å². The van der Waals surface area contributed by atoms with E-state index in [2.05, 4.69) is 21.2 Å². The Hall–Kier alpha value is -0.940. The first kappa shape index (κ1) is 13.1. The number of amides is 1. The monoisotopic (exact) mass is 289 g/mol. The zero-order valence-electron chi connectivity index (χ0n) is 9.09. The number of hydrogen-bond acceptors (Lipinski definition) is 2. The Balaban J connectivity index is 2.53. The van der Waals surface area contributed by atoms with E-state index in [9.17, 15) is 9.18 Å². The van der Waals surface area contributed by atoms with Crippen LogP contribution in [0.3, 0.4) is 0 Å². The number of carbonyl (C=O) groups is 1. The van der Waals surface area contributed by atoms with Gasteiger partial charge in [-0.3, -0.25) is 4.79 Å². The maximum Gasteiger partial charge on any atom is 0.250 e. The highest BCUT2D eigenvalue weighted by Gasteiger charge is 2.06. The van der Waals surface area contributed by atoms with Crippen LogP contribution in [0.2, 0.25) is 0 Å². The maximum absolute atomic E-state index is 13.1. The number of hydrogen-bond donors (Lipinski definition) is 1. The van der Waals surface area contributed by atoms with Gasteiger partial charge in [0, 0.05) is 5.69 Å². The van der Waals surface area contributed by atoms with Crippen molar-refractivity contribution < 1.29 is 13.9 Å². The van der Waals surface area contributed by atoms with Crippen LogP contribution < -0.4 is 5.32 Å². The van der Waals surface area contributed by atoms with Crippen molar-refractivity contribution in [2.45, 2.75) is 20.0 Å². The van der Waals surface area contributed by atoms with Crippen LogP contribution in [0.1, 0.15) is 13.8 Å². The molecule has 5 heteroatoms. The number of carbonyl (C=O) groups excluding carboxylic acids is 1. The summed E-state index contributed by atoms with van der Waals surface area (Å²) in [5.74, 6) is -0.710. The number of benzene rings is 1. The van der Waals surface area contributed by atoms with Crippen molar-refractivity contribution in [1.29, 1.82) is 0 Å². The Morgan fingerprint density at radius 1 is 1.56 bits per heavy atom. The van der Waals surface area contributed by atoms with Crippen LogP contribution in [0, 0.1) is 5.82 Å². The minimum atomic E-state index is -0.414. The fourth-order valence-corrected chi connectivity index (χ4v) is 1.26. The molecule has 0 aliphatic rings. The van der Waals surface area contributed by atoms with Crippen molar-refractivity contribution in [2.75, 3.05) is 11.9 Å². The lowest BCUT2D eigenvalue weighted by Crippen LogP contribution is -2.20. The van der Waals surface area contributed by atoms with Gasteiger partial charge in [0.15, 0.2) is 0 Å². The summed E-state index contributed by atoms with van der Waals surface area (Å²) in [5, 5.41) is 2.54. The molecule has 1 aromatic rings. The molecule has 0 fully saturated rings. The van der Waals surface area contributed by atoms with E-state index in [0.717, 1.165) is 0 Å². The summed E-state index contributed by atoms with van der Waals surface area (Å²) in [6, 6.07) is 4.39. The van der Waals surface area contributed by atoms with E-state index in [1.165, 1.54) is 12.1 Å². The Kier molecular flexibility index (Phi) is 4.89. The molecule has 0 atom stereocenters. The summed E-state index contributed by atoms with van der Waals surface area (Å²) in [6.07, 6.45) is -0.00703. The topological polar surface area (TPSA) is 38.3 Å². The van der Waals surface area contributed by atoms with Crippen molar-refractivity contribution >= 4 is 27.5 Å². The molecular formula is C11H13BrFNO2. The van der Waals surface area contributed by atoms with Gasteiger partial charge in [0.05, 0.1) is 10.6 Å². The molecule has 1 amide bonds. The van der Waals surface area contributed by atoms with Gasteiger partial charge >= 0.3 is 0 Å². The molecule has 1 aromatic carbocycles. The molecule has 0 heterocycles. The minimum absolute atomic E-state index is 0.00703. The lowest BCUT2D eigenvalue weighted by atomic mass is 10.3. The predicted octanol–water partition coefficient (Wildman–Crippen LogP) is 2.95. The van der Waals surface area contributed by atoms with Gasteiger partial charge in [-0.2, -0.15) is 0 Å². The van der Waals surface area contributed by atoms with Crippen LogP contribution in [0.4, 0.5) is 10.1 Å². The molecule has 1 rings (SSSR count). The van der Waals surface area contributed by atoms with Crippen LogP contribution in [0.25, 0.3) is 0 Å². The van der Waals surface area contributed by atoms with Gasteiger partial charge in [0.2, 0.25) is 5.91 Å². The lowest BCUT2D eigenvalue weighted by Gasteiger charge is -2.08. The number of halogens is 2. The third-order valence-corrected chi connectivity index (χ3v) is 2.39. The van der Waals surface area contributed by atoms with E-state index >= 15 is 0 Å². The summed E-state index contributed by atoms with van der Waals surface area (Å²) in [7, 11) is 0. The van der Waals surface area contributed by atoms with Gasteiger partial charge in [-0.15, -0.1) is 0 Å². The minimum Gasteiger partial charge on any atom is -0.369 e. The molecule has 0 unspecified atom stereocenters. The highest BCUT2D eigenvalue weighted by atomic mass is 79.9. The van der Waals surface area contributed by atoms with Gasteiger partial charge in [-0.25, -0.2) is 4.39 Å².